The van der Waals surface area contributed by atoms with E-state index in [0.717, 1.165) is 18.3 Å². The van der Waals surface area contributed by atoms with Crippen LogP contribution in [0, 0.1) is 0 Å². The van der Waals surface area contributed by atoms with Crippen LogP contribution >= 0.6 is 0 Å². The van der Waals surface area contributed by atoms with Gasteiger partial charge in [-0.25, -0.2) is 15.0 Å². The van der Waals surface area contributed by atoms with Gasteiger partial charge >= 0.3 is 6.18 Å². The van der Waals surface area contributed by atoms with Gasteiger partial charge in [0.25, 0.3) is 0 Å². The number of ether oxygens (including phenoxy) is 2. The molecule has 1 aliphatic heterocycles. The van der Waals surface area contributed by atoms with Gasteiger partial charge < -0.3 is 25.2 Å². The van der Waals surface area contributed by atoms with Gasteiger partial charge in [0.05, 0.1) is 37.4 Å². The van der Waals surface area contributed by atoms with Crippen molar-refractivity contribution in [2.24, 2.45) is 0 Å². The lowest BCUT2D eigenvalue weighted by molar-refractivity contribution is -0.137. The van der Waals surface area contributed by atoms with Crippen LogP contribution in [0.5, 0.6) is 5.75 Å². The normalized spacial score (nSPS) is 19.3. The molecule has 1 fully saturated rings. The molecule has 0 aromatic carbocycles. The zero-order valence-electron chi connectivity index (χ0n) is 20.7. The molecule has 3 atom stereocenters. The number of rotatable bonds is 7. The minimum absolute atomic E-state index is 0.0636. The lowest BCUT2D eigenvalue weighted by Gasteiger charge is -2.17. The molecule has 0 radical (unpaired) electrons. The number of imidazole rings is 1. The first-order chi connectivity index (χ1) is 18.7. The molecule has 15 heteroatoms. The number of hydrogen-bond donors (Lipinski definition) is 3. The van der Waals surface area contributed by atoms with Crippen LogP contribution in [0.25, 0.3) is 22.6 Å². The zero-order valence-corrected chi connectivity index (χ0v) is 20.7. The molecule has 5 heterocycles. The van der Waals surface area contributed by atoms with Gasteiger partial charge in [-0.3, -0.25) is 19.3 Å². The number of fused-ring (bicyclic) bond motifs is 1. The number of carbonyl (C=O) groups is 1. The number of nitrogens with one attached hydrogen (secondary N) is 2. The minimum atomic E-state index is -4.51. The van der Waals surface area contributed by atoms with E-state index in [1.165, 1.54) is 37.4 Å². The smallest absolute Gasteiger partial charge is 0.416 e. The van der Waals surface area contributed by atoms with Gasteiger partial charge in [0.15, 0.2) is 29.0 Å². The quantitative estimate of drug-likeness (QED) is 0.316. The Labute approximate surface area is 219 Å². The molecule has 0 bridgehead atoms. The number of aliphatic hydroxyl groups excluding tert-OH is 1. The van der Waals surface area contributed by atoms with E-state index in [0.29, 0.717) is 11.3 Å². The number of nitrogens with zero attached hydrogens (tertiary/aromatic N) is 6. The van der Waals surface area contributed by atoms with E-state index >= 15 is 0 Å². The number of aromatic nitrogens is 6. The number of likely N-dealkylation sites (N-methyl/N-ethyl adjacent to an activating group) is 1. The van der Waals surface area contributed by atoms with Crippen LogP contribution in [-0.4, -0.2) is 66.9 Å². The summed E-state index contributed by atoms with van der Waals surface area (Å²) in [4.78, 5) is 33.8. The summed E-state index contributed by atoms with van der Waals surface area (Å²) >= 11 is 0. The Morgan fingerprint density at radius 2 is 2.08 bits per heavy atom. The Balaban J connectivity index is 1.55. The summed E-state index contributed by atoms with van der Waals surface area (Å²) in [5, 5.41) is 16.2. The first-order valence-electron chi connectivity index (χ1n) is 11.7. The molecule has 0 aliphatic carbocycles. The predicted octanol–water partition coefficient (Wildman–Crippen LogP) is 2.32. The molecule has 12 nitrogen and oxygen atoms in total. The maximum atomic E-state index is 13.2. The topological polar surface area (TPSA) is 149 Å². The number of halogens is 3. The molecule has 1 aliphatic rings. The lowest BCUT2D eigenvalue weighted by Crippen LogP contribution is -2.31. The van der Waals surface area contributed by atoms with E-state index in [1.54, 1.807) is 6.07 Å². The maximum Gasteiger partial charge on any atom is 0.416 e. The van der Waals surface area contributed by atoms with Gasteiger partial charge in [0.2, 0.25) is 5.91 Å². The summed E-state index contributed by atoms with van der Waals surface area (Å²) in [6.45, 7) is -0.0972. The standard InChI is InChI=1S/C24H23F3N8O4/c1-28-22(37)17-7-16(36)23(39-17)35-11-32-18-20(31-9-14-6-13(3-4-30-14)24(25,26)27)33-19(34-21(18)35)12-5-15(38-2)10-29-8-12/h3-6,8,10-11,16-17,23,36H,7,9H2,1-2H3,(H,28,37)(H,31,33,34)/t16-,17+,23-/m1/s1. The van der Waals surface area contributed by atoms with Crippen LogP contribution in [0.1, 0.15) is 23.9 Å². The SMILES string of the molecule is CNC(=O)[C@@H]1C[C@@H](O)[C@H](n2cnc3c(NCc4cc(C(F)(F)F)ccn4)nc(-c4cncc(OC)c4)nc32)O1. The van der Waals surface area contributed by atoms with Crippen LogP contribution in [0.2, 0.25) is 0 Å². The Morgan fingerprint density at radius 1 is 1.26 bits per heavy atom. The van der Waals surface area contributed by atoms with Crippen molar-refractivity contribution >= 4 is 22.9 Å². The van der Waals surface area contributed by atoms with Crippen molar-refractivity contribution in [3.05, 3.63) is 54.4 Å². The van der Waals surface area contributed by atoms with Crippen molar-refractivity contribution in [2.75, 3.05) is 19.5 Å². The highest BCUT2D eigenvalue weighted by Crippen LogP contribution is 2.34. The average Bonchev–Trinajstić information content (AvgIpc) is 3.54. The Hall–Kier alpha value is -4.37. The molecule has 4 aromatic heterocycles. The molecule has 0 unspecified atom stereocenters. The molecular weight excluding hydrogens is 521 g/mol. The van der Waals surface area contributed by atoms with E-state index in [1.807, 2.05) is 0 Å². The van der Waals surface area contributed by atoms with E-state index in [9.17, 15) is 23.1 Å². The average molecular weight is 544 g/mol. The summed E-state index contributed by atoms with van der Waals surface area (Å²) in [7, 11) is 2.95. The summed E-state index contributed by atoms with van der Waals surface area (Å²) in [5.74, 6) is 0.474. The van der Waals surface area contributed by atoms with E-state index in [4.69, 9.17) is 9.47 Å². The fourth-order valence-corrected chi connectivity index (χ4v) is 4.16. The van der Waals surface area contributed by atoms with E-state index in [-0.39, 0.29) is 47.4 Å². The molecule has 1 saturated heterocycles. The second-order valence-electron chi connectivity index (χ2n) is 8.65. The van der Waals surface area contributed by atoms with Crippen molar-refractivity contribution in [1.29, 1.82) is 0 Å². The maximum absolute atomic E-state index is 13.2. The predicted molar refractivity (Wildman–Crippen MR) is 130 cm³/mol. The Bertz CT molecular complexity index is 1510. The fourth-order valence-electron chi connectivity index (χ4n) is 4.16. The number of anilines is 1. The summed E-state index contributed by atoms with van der Waals surface area (Å²) in [6.07, 6.45) is -1.83. The van der Waals surface area contributed by atoms with Gasteiger partial charge in [-0.05, 0) is 18.2 Å². The fraction of sp³-hybridized carbons (Fsp3) is 0.333. The summed E-state index contributed by atoms with van der Waals surface area (Å²) in [6, 6.07) is 3.50. The third-order valence-electron chi connectivity index (χ3n) is 6.11. The molecule has 0 spiro atoms. The van der Waals surface area contributed by atoms with Crippen LogP contribution < -0.4 is 15.4 Å². The summed E-state index contributed by atoms with van der Waals surface area (Å²) < 4.78 is 52.0. The summed E-state index contributed by atoms with van der Waals surface area (Å²) in [5.41, 5.74) is 0.307. The van der Waals surface area contributed by atoms with Crippen molar-refractivity contribution in [3.8, 4) is 17.1 Å². The van der Waals surface area contributed by atoms with Gasteiger partial charge in [0.1, 0.15) is 18.0 Å². The molecular formula is C24H23F3N8O4. The van der Waals surface area contributed by atoms with Crippen LogP contribution in [0.3, 0.4) is 0 Å². The first-order valence-corrected chi connectivity index (χ1v) is 11.7. The van der Waals surface area contributed by atoms with Gasteiger partial charge in [-0.1, -0.05) is 0 Å². The first kappa shape index (κ1) is 26.2. The molecule has 3 N–H and O–H groups in total. The highest BCUT2D eigenvalue weighted by molar-refractivity contribution is 5.85. The number of aliphatic hydroxyl groups is 1. The van der Waals surface area contributed by atoms with Crippen molar-refractivity contribution in [3.63, 3.8) is 0 Å². The molecule has 4 aromatic rings. The molecule has 5 rings (SSSR count). The molecule has 204 valence electrons. The third kappa shape index (κ3) is 5.31. The number of alkyl halides is 3. The largest absolute Gasteiger partial charge is 0.495 e. The molecule has 0 saturated carbocycles. The second-order valence-corrected chi connectivity index (χ2v) is 8.65. The minimum Gasteiger partial charge on any atom is -0.495 e. The van der Waals surface area contributed by atoms with E-state index in [2.05, 4.69) is 35.6 Å². The van der Waals surface area contributed by atoms with Crippen molar-refractivity contribution in [1.82, 2.24) is 34.8 Å². The highest BCUT2D eigenvalue weighted by Gasteiger charge is 2.39. The van der Waals surface area contributed by atoms with Gasteiger partial charge in [-0.15, -0.1) is 0 Å². The van der Waals surface area contributed by atoms with Crippen LogP contribution in [0.15, 0.2) is 43.1 Å². The Morgan fingerprint density at radius 3 is 2.82 bits per heavy atom. The number of methoxy groups -OCH3 is 1. The molecule has 1 amide bonds. The number of hydrogen-bond acceptors (Lipinski definition) is 10. The van der Waals surface area contributed by atoms with Crippen LogP contribution in [0.4, 0.5) is 19.0 Å². The zero-order chi connectivity index (χ0) is 27.7. The van der Waals surface area contributed by atoms with Crippen molar-refractivity contribution < 1.29 is 32.5 Å². The molecule has 39 heavy (non-hydrogen) atoms. The Kier molecular flexibility index (Phi) is 7.01. The highest BCUT2D eigenvalue weighted by atomic mass is 19.4. The van der Waals surface area contributed by atoms with E-state index < -0.39 is 30.2 Å². The second kappa shape index (κ2) is 10.4. The third-order valence-corrected chi connectivity index (χ3v) is 6.11. The number of pyridine rings is 2. The number of carbonyl (C=O) groups excluding carboxylic acids is 1. The monoisotopic (exact) mass is 544 g/mol. The van der Waals surface area contributed by atoms with Gasteiger partial charge in [0, 0.05) is 31.4 Å². The van der Waals surface area contributed by atoms with Crippen LogP contribution in [-0.2, 0) is 22.3 Å². The van der Waals surface area contributed by atoms with Crippen molar-refractivity contribution in [2.45, 2.75) is 37.6 Å². The lowest BCUT2D eigenvalue weighted by atomic mass is 10.2. The number of amides is 1. The van der Waals surface area contributed by atoms with Gasteiger partial charge in [-0.2, -0.15) is 13.2 Å².